The van der Waals surface area contributed by atoms with Crippen molar-refractivity contribution in [3.63, 3.8) is 0 Å². The largest absolute Gasteiger partial charge is 0.381 e. The van der Waals surface area contributed by atoms with Crippen molar-refractivity contribution in [3.05, 3.63) is 24.0 Å². The fourth-order valence-corrected chi connectivity index (χ4v) is 2.42. The molecule has 0 unspecified atom stereocenters. The summed E-state index contributed by atoms with van der Waals surface area (Å²) in [5.74, 6) is 0.173. The average Bonchev–Trinajstić information content (AvgIpc) is 2.65. The zero-order chi connectivity index (χ0) is 11.8. The van der Waals surface area contributed by atoms with Crippen LogP contribution in [0, 0.1) is 5.82 Å². The Hall–Kier alpha value is -1.62. The molecule has 17 heavy (non-hydrogen) atoms. The lowest BCUT2D eigenvalue weighted by atomic mass is 10.1. The second kappa shape index (κ2) is 4.00. The van der Waals surface area contributed by atoms with E-state index < -0.39 is 0 Å². The maximum atomic E-state index is 13.1. The van der Waals surface area contributed by atoms with Crippen LogP contribution < -0.4 is 5.73 Å². The van der Waals surface area contributed by atoms with Crippen LogP contribution in [0.25, 0.3) is 11.0 Å². The van der Waals surface area contributed by atoms with Crippen LogP contribution >= 0.6 is 0 Å². The number of hydrogen-bond acceptors (Lipinski definition) is 3. The van der Waals surface area contributed by atoms with E-state index >= 15 is 0 Å². The fourth-order valence-electron chi connectivity index (χ4n) is 2.42. The van der Waals surface area contributed by atoms with E-state index in [4.69, 9.17) is 10.5 Å². The summed E-state index contributed by atoms with van der Waals surface area (Å²) >= 11 is 0. The summed E-state index contributed by atoms with van der Waals surface area (Å²) in [5.41, 5.74) is 7.44. The first kappa shape index (κ1) is 10.5. The Kier molecular flexibility index (Phi) is 2.48. The van der Waals surface area contributed by atoms with E-state index in [9.17, 15) is 4.39 Å². The molecule has 1 aromatic heterocycles. The van der Waals surface area contributed by atoms with Gasteiger partial charge in [-0.05, 0) is 25.0 Å². The van der Waals surface area contributed by atoms with Crippen molar-refractivity contribution < 1.29 is 9.13 Å². The third kappa shape index (κ3) is 1.76. The van der Waals surface area contributed by atoms with E-state index in [-0.39, 0.29) is 5.82 Å². The molecular weight excluding hydrogens is 221 g/mol. The van der Waals surface area contributed by atoms with Crippen LogP contribution in [0.15, 0.2) is 18.2 Å². The molecular formula is C12H14FN3O. The highest BCUT2D eigenvalue weighted by molar-refractivity contribution is 5.78. The highest BCUT2D eigenvalue weighted by atomic mass is 19.1. The summed E-state index contributed by atoms with van der Waals surface area (Å²) in [6.45, 7) is 1.48. The highest BCUT2D eigenvalue weighted by Gasteiger charge is 2.20. The van der Waals surface area contributed by atoms with Gasteiger partial charge < -0.3 is 15.0 Å². The number of nitrogens with zero attached hydrogens (tertiary/aromatic N) is 2. The van der Waals surface area contributed by atoms with Gasteiger partial charge in [0.05, 0.1) is 11.0 Å². The molecule has 0 amide bonds. The third-order valence-corrected chi connectivity index (χ3v) is 3.23. The van der Waals surface area contributed by atoms with E-state index in [1.54, 1.807) is 6.07 Å². The van der Waals surface area contributed by atoms with E-state index in [1.807, 2.05) is 4.57 Å². The Bertz CT molecular complexity index is 546. The maximum absolute atomic E-state index is 13.1. The smallest absolute Gasteiger partial charge is 0.201 e. The molecule has 90 valence electrons. The SMILES string of the molecule is Nc1nc2cc(F)ccc2n1C1CCOCC1. The number of ether oxygens (including phenoxy) is 1. The molecule has 2 aromatic rings. The van der Waals surface area contributed by atoms with Gasteiger partial charge in [0, 0.05) is 25.3 Å². The Labute approximate surface area is 98.2 Å². The minimum atomic E-state index is -0.283. The van der Waals surface area contributed by atoms with Crippen LogP contribution in [0.2, 0.25) is 0 Å². The fraction of sp³-hybridized carbons (Fsp3) is 0.417. The summed E-state index contributed by atoms with van der Waals surface area (Å²) < 4.78 is 20.4. The third-order valence-electron chi connectivity index (χ3n) is 3.23. The molecule has 1 fully saturated rings. The first-order chi connectivity index (χ1) is 8.25. The summed E-state index contributed by atoms with van der Waals surface area (Å²) in [4.78, 5) is 4.21. The molecule has 0 bridgehead atoms. The van der Waals surface area contributed by atoms with Gasteiger partial charge in [-0.15, -0.1) is 0 Å². The number of aromatic nitrogens is 2. The Morgan fingerprint density at radius 2 is 2.12 bits per heavy atom. The monoisotopic (exact) mass is 235 g/mol. The number of hydrogen-bond donors (Lipinski definition) is 1. The molecule has 1 saturated heterocycles. The minimum Gasteiger partial charge on any atom is -0.381 e. The second-order valence-electron chi connectivity index (χ2n) is 4.32. The van der Waals surface area contributed by atoms with Crippen molar-refractivity contribution in [2.75, 3.05) is 18.9 Å². The first-order valence-corrected chi connectivity index (χ1v) is 5.76. The molecule has 1 aliphatic heterocycles. The van der Waals surface area contributed by atoms with Crippen molar-refractivity contribution in [1.29, 1.82) is 0 Å². The van der Waals surface area contributed by atoms with Gasteiger partial charge in [0.15, 0.2) is 0 Å². The summed E-state index contributed by atoms with van der Waals surface area (Å²) in [6, 6.07) is 4.91. The predicted molar refractivity (Wildman–Crippen MR) is 63.2 cm³/mol. The Balaban J connectivity index is 2.11. The lowest BCUT2D eigenvalue weighted by Crippen LogP contribution is -2.20. The molecule has 0 radical (unpaired) electrons. The highest BCUT2D eigenvalue weighted by Crippen LogP contribution is 2.29. The average molecular weight is 235 g/mol. The van der Waals surface area contributed by atoms with Crippen molar-refractivity contribution in [1.82, 2.24) is 9.55 Å². The molecule has 0 spiro atoms. The lowest BCUT2D eigenvalue weighted by molar-refractivity contribution is 0.0711. The van der Waals surface area contributed by atoms with E-state index in [1.165, 1.54) is 12.1 Å². The molecule has 2 N–H and O–H groups in total. The van der Waals surface area contributed by atoms with Crippen LogP contribution in [0.1, 0.15) is 18.9 Å². The van der Waals surface area contributed by atoms with Crippen LogP contribution in [0.4, 0.5) is 10.3 Å². The van der Waals surface area contributed by atoms with Gasteiger partial charge >= 0.3 is 0 Å². The number of fused-ring (bicyclic) bond motifs is 1. The second-order valence-corrected chi connectivity index (χ2v) is 4.32. The summed E-state index contributed by atoms with van der Waals surface area (Å²) in [5, 5.41) is 0. The quantitative estimate of drug-likeness (QED) is 0.823. The molecule has 1 aromatic carbocycles. The Morgan fingerprint density at radius 3 is 2.88 bits per heavy atom. The van der Waals surface area contributed by atoms with E-state index in [2.05, 4.69) is 4.98 Å². The van der Waals surface area contributed by atoms with Gasteiger partial charge in [0.25, 0.3) is 0 Å². The molecule has 2 heterocycles. The van der Waals surface area contributed by atoms with Crippen LogP contribution in [-0.4, -0.2) is 22.8 Å². The van der Waals surface area contributed by atoms with Gasteiger partial charge in [0.2, 0.25) is 5.95 Å². The number of benzene rings is 1. The van der Waals surface area contributed by atoms with Crippen molar-refractivity contribution in [2.45, 2.75) is 18.9 Å². The molecule has 0 saturated carbocycles. The molecule has 4 nitrogen and oxygen atoms in total. The zero-order valence-electron chi connectivity index (χ0n) is 9.40. The number of imidazole rings is 1. The van der Waals surface area contributed by atoms with Crippen molar-refractivity contribution in [3.8, 4) is 0 Å². The van der Waals surface area contributed by atoms with Gasteiger partial charge in [-0.2, -0.15) is 0 Å². The van der Waals surface area contributed by atoms with Crippen molar-refractivity contribution >= 4 is 17.0 Å². The molecule has 3 rings (SSSR count). The van der Waals surface area contributed by atoms with E-state index in [0.717, 1.165) is 31.6 Å². The summed E-state index contributed by atoms with van der Waals surface area (Å²) in [6.07, 6.45) is 1.85. The number of halogens is 1. The number of rotatable bonds is 1. The number of anilines is 1. The van der Waals surface area contributed by atoms with Crippen molar-refractivity contribution in [2.24, 2.45) is 0 Å². The number of nitrogen functional groups attached to an aromatic ring is 1. The lowest BCUT2D eigenvalue weighted by Gasteiger charge is -2.24. The van der Waals surface area contributed by atoms with Gasteiger partial charge in [0.1, 0.15) is 5.82 Å². The molecule has 1 aliphatic rings. The van der Waals surface area contributed by atoms with Crippen LogP contribution in [0.3, 0.4) is 0 Å². The van der Waals surface area contributed by atoms with Crippen LogP contribution in [-0.2, 0) is 4.74 Å². The standard InChI is InChI=1S/C12H14FN3O/c13-8-1-2-11-10(7-8)15-12(14)16(11)9-3-5-17-6-4-9/h1-2,7,9H,3-6H2,(H2,14,15). The first-order valence-electron chi connectivity index (χ1n) is 5.76. The van der Waals surface area contributed by atoms with Crippen LogP contribution in [0.5, 0.6) is 0 Å². The molecule has 0 aliphatic carbocycles. The molecule has 0 atom stereocenters. The number of nitrogens with two attached hydrogens (primary N) is 1. The minimum absolute atomic E-state index is 0.283. The van der Waals surface area contributed by atoms with E-state index in [0.29, 0.717) is 17.5 Å². The topological polar surface area (TPSA) is 53.1 Å². The maximum Gasteiger partial charge on any atom is 0.201 e. The Morgan fingerprint density at radius 1 is 1.35 bits per heavy atom. The predicted octanol–water partition coefficient (Wildman–Crippen LogP) is 2.11. The molecule has 5 heteroatoms. The van der Waals surface area contributed by atoms with Gasteiger partial charge in [-0.25, -0.2) is 9.37 Å². The normalized spacial score (nSPS) is 17.7. The summed E-state index contributed by atoms with van der Waals surface area (Å²) in [7, 11) is 0. The zero-order valence-corrected chi connectivity index (χ0v) is 9.40. The van der Waals surface area contributed by atoms with Gasteiger partial charge in [-0.3, -0.25) is 0 Å². The van der Waals surface area contributed by atoms with Gasteiger partial charge in [-0.1, -0.05) is 0 Å².